The molecule has 0 unspecified atom stereocenters. The van der Waals surface area contributed by atoms with E-state index in [0.717, 1.165) is 17.0 Å². The van der Waals surface area contributed by atoms with E-state index in [4.69, 9.17) is 5.73 Å². The summed E-state index contributed by atoms with van der Waals surface area (Å²) in [7, 11) is 0. The zero-order chi connectivity index (χ0) is 14.9. The van der Waals surface area contributed by atoms with Gasteiger partial charge in [0.1, 0.15) is 5.54 Å². The first-order chi connectivity index (χ1) is 10.2. The summed E-state index contributed by atoms with van der Waals surface area (Å²) in [5.41, 5.74) is 7.46. The normalized spacial score (nSPS) is 22.5. The van der Waals surface area contributed by atoms with Crippen LogP contribution in [0.3, 0.4) is 0 Å². The van der Waals surface area contributed by atoms with Gasteiger partial charge >= 0.3 is 5.97 Å². The summed E-state index contributed by atoms with van der Waals surface area (Å²) in [6.07, 6.45) is 1.92. The number of aromatic amines is 1. The van der Waals surface area contributed by atoms with E-state index >= 15 is 0 Å². The highest BCUT2D eigenvalue weighted by molar-refractivity contribution is 5.81. The van der Waals surface area contributed by atoms with Crippen molar-refractivity contribution in [3.8, 4) is 0 Å². The Bertz CT molecular complexity index is 640. The van der Waals surface area contributed by atoms with Gasteiger partial charge in [-0.3, -0.25) is 10.1 Å². The van der Waals surface area contributed by atoms with Crippen molar-refractivity contribution in [3.05, 3.63) is 53.6 Å². The molecule has 1 aliphatic rings. The number of carboxylic acids is 1. The second kappa shape index (κ2) is 5.31. The number of H-pyrrole nitrogens is 1. The molecule has 1 aromatic heterocycles. The van der Waals surface area contributed by atoms with Crippen LogP contribution in [-0.2, 0) is 17.8 Å². The molecule has 5 N–H and O–H groups in total. The zero-order valence-electron chi connectivity index (χ0n) is 11.5. The molecule has 0 aliphatic carbocycles. The number of carboxylic acid groups (broad SMARTS) is 1. The minimum atomic E-state index is -1.13. The summed E-state index contributed by atoms with van der Waals surface area (Å²) >= 11 is 0. The van der Waals surface area contributed by atoms with Gasteiger partial charge in [0.15, 0.2) is 0 Å². The van der Waals surface area contributed by atoms with Gasteiger partial charge in [0.2, 0.25) is 0 Å². The number of carbonyl (C=O) groups is 1. The van der Waals surface area contributed by atoms with E-state index in [1.54, 1.807) is 6.33 Å². The highest BCUT2D eigenvalue weighted by atomic mass is 16.4. The van der Waals surface area contributed by atoms with Crippen LogP contribution in [0, 0.1) is 0 Å². The van der Waals surface area contributed by atoms with E-state index < -0.39 is 11.5 Å². The maximum absolute atomic E-state index is 12.0. The first kappa shape index (κ1) is 13.8. The third-order valence-corrected chi connectivity index (χ3v) is 4.25. The van der Waals surface area contributed by atoms with Gasteiger partial charge < -0.3 is 15.8 Å². The number of nitrogens with two attached hydrogens (primary N) is 1. The molecule has 0 bridgehead atoms. The van der Waals surface area contributed by atoms with E-state index in [0.29, 0.717) is 13.0 Å². The number of aromatic nitrogens is 2. The number of fused-ring (bicyclic) bond motifs is 1. The van der Waals surface area contributed by atoms with E-state index in [-0.39, 0.29) is 12.5 Å². The lowest BCUT2D eigenvalue weighted by molar-refractivity contribution is -0.146. The van der Waals surface area contributed by atoms with Crippen LogP contribution in [0.2, 0.25) is 0 Å². The van der Waals surface area contributed by atoms with Crippen molar-refractivity contribution >= 4 is 5.97 Å². The van der Waals surface area contributed by atoms with E-state index in [9.17, 15) is 9.90 Å². The molecule has 2 aromatic rings. The van der Waals surface area contributed by atoms with Gasteiger partial charge in [0.25, 0.3) is 0 Å². The number of hydrogen-bond acceptors (Lipinski definition) is 4. The predicted octanol–water partition coefficient (Wildman–Crippen LogP) is 0.621. The molecule has 6 nitrogen and oxygen atoms in total. The lowest BCUT2D eigenvalue weighted by atomic mass is 9.74. The summed E-state index contributed by atoms with van der Waals surface area (Å²) in [6, 6.07) is 9.55. The molecule has 2 heterocycles. The topological polar surface area (TPSA) is 104 Å². The van der Waals surface area contributed by atoms with E-state index in [1.165, 1.54) is 0 Å². The molecule has 0 amide bonds. The van der Waals surface area contributed by atoms with Gasteiger partial charge in [0, 0.05) is 25.4 Å². The van der Waals surface area contributed by atoms with Gasteiger partial charge in [-0.1, -0.05) is 30.3 Å². The summed E-state index contributed by atoms with van der Waals surface area (Å²) < 4.78 is 0. The van der Waals surface area contributed by atoms with Gasteiger partial charge in [0.05, 0.1) is 17.7 Å². The largest absolute Gasteiger partial charge is 0.480 e. The molecule has 21 heavy (non-hydrogen) atoms. The average molecular weight is 286 g/mol. The Morgan fingerprint density at radius 3 is 2.86 bits per heavy atom. The minimum Gasteiger partial charge on any atom is -0.480 e. The SMILES string of the molecule is NC[C@H](c1ccccc1)[C@@]1(C(=O)O)Cc2nc[nH]c2CN1. The Morgan fingerprint density at radius 1 is 1.43 bits per heavy atom. The summed E-state index contributed by atoms with van der Waals surface area (Å²) in [5, 5.41) is 13.0. The van der Waals surface area contributed by atoms with Crippen LogP contribution in [0.5, 0.6) is 0 Å². The quantitative estimate of drug-likeness (QED) is 0.659. The van der Waals surface area contributed by atoms with Crippen LogP contribution < -0.4 is 11.1 Å². The van der Waals surface area contributed by atoms with Crippen molar-refractivity contribution < 1.29 is 9.90 Å². The van der Waals surface area contributed by atoms with Crippen molar-refractivity contribution in [1.29, 1.82) is 0 Å². The molecule has 0 spiro atoms. The van der Waals surface area contributed by atoms with Gasteiger partial charge in [-0.15, -0.1) is 0 Å². The Hall–Kier alpha value is -2.18. The van der Waals surface area contributed by atoms with Gasteiger partial charge in [-0.25, -0.2) is 4.98 Å². The molecule has 0 saturated carbocycles. The average Bonchev–Trinajstić information content (AvgIpc) is 2.96. The van der Waals surface area contributed by atoms with Crippen LogP contribution >= 0.6 is 0 Å². The Labute approximate surface area is 122 Å². The number of nitrogens with one attached hydrogen (secondary N) is 2. The number of nitrogens with zero attached hydrogens (tertiary/aromatic N) is 1. The summed E-state index contributed by atoms with van der Waals surface area (Å²) in [6.45, 7) is 0.702. The third-order valence-electron chi connectivity index (χ3n) is 4.25. The highest BCUT2D eigenvalue weighted by Crippen LogP contribution is 2.34. The second-order valence-corrected chi connectivity index (χ2v) is 5.33. The molecule has 1 aliphatic heterocycles. The minimum absolute atomic E-state index is 0.253. The van der Waals surface area contributed by atoms with Crippen LogP contribution in [-0.4, -0.2) is 33.1 Å². The maximum atomic E-state index is 12.0. The fourth-order valence-corrected chi connectivity index (χ4v) is 3.08. The van der Waals surface area contributed by atoms with Crippen molar-refractivity contribution in [2.45, 2.75) is 24.4 Å². The molecule has 6 heteroatoms. The van der Waals surface area contributed by atoms with Crippen molar-refractivity contribution in [3.63, 3.8) is 0 Å². The molecule has 2 atom stereocenters. The van der Waals surface area contributed by atoms with E-state index in [1.807, 2.05) is 30.3 Å². The molecule has 3 rings (SSSR count). The first-order valence-electron chi connectivity index (χ1n) is 6.92. The van der Waals surface area contributed by atoms with Crippen LogP contribution in [0.1, 0.15) is 22.9 Å². The molecular weight excluding hydrogens is 268 g/mol. The fourth-order valence-electron chi connectivity index (χ4n) is 3.08. The van der Waals surface area contributed by atoms with Gasteiger partial charge in [-0.05, 0) is 5.56 Å². The van der Waals surface area contributed by atoms with Crippen molar-refractivity contribution in [2.24, 2.45) is 5.73 Å². The number of hydrogen-bond donors (Lipinski definition) is 4. The number of aliphatic carboxylic acids is 1. The highest BCUT2D eigenvalue weighted by Gasteiger charge is 2.48. The second-order valence-electron chi connectivity index (χ2n) is 5.33. The Morgan fingerprint density at radius 2 is 2.19 bits per heavy atom. The molecule has 0 saturated heterocycles. The maximum Gasteiger partial charge on any atom is 0.325 e. The standard InChI is InChI=1S/C15H18N4O2/c16-7-11(10-4-2-1-3-5-10)15(14(20)21)6-12-13(8-19-15)18-9-17-12/h1-5,9,11,19H,6-8,16H2,(H,17,18)(H,20,21)/t11-,15-/m1/s1. The number of imidazole rings is 1. The third kappa shape index (κ3) is 2.22. The van der Waals surface area contributed by atoms with Crippen molar-refractivity contribution in [1.82, 2.24) is 15.3 Å². The molecule has 0 fully saturated rings. The molecular formula is C15H18N4O2. The van der Waals surface area contributed by atoms with Crippen molar-refractivity contribution in [2.75, 3.05) is 6.54 Å². The van der Waals surface area contributed by atoms with Crippen LogP contribution in [0.4, 0.5) is 0 Å². The van der Waals surface area contributed by atoms with Crippen LogP contribution in [0.25, 0.3) is 0 Å². The van der Waals surface area contributed by atoms with Gasteiger partial charge in [-0.2, -0.15) is 0 Å². The zero-order valence-corrected chi connectivity index (χ0v) is 11.5. The van der Waals surface area contributed by atoms with E-state index in [2.05, 4.69) is 15.3 Å². The summed E-state index contributed by atoms with van der Waals surface area (Å²) in [4.78, 5) is 19.3. The fraction of sp³-hybridized carbons (Fsp3) is 0.333. The predicted molar refractivity (Wildman–Crippen MR) is 77.7 cm³/mol. The molecule has 0 radical (unpaired) electrons. The Kier molecular flexibility index (Phi) is 3.48. The number of benzene rings is 1. The number of rotatable bonds is 4. The Balaban J connectivity index is 2.04. The van der Waals surface area contributed by atoms with Crippen LogP contribution in [0.15, 0.2) is 36.7 Å². The smallest absolute Gasteiger partial charge is 0.325 e. The lowest BCUT2D eigenvalue weighted by Crippen LogP contribution is -2.61. The molecule has 110 valence electrons. The molecule has 1 aromatic carbocycles. The first-order valence-corrected chi connectivity index (χ1v) is 6.92. The summed E-state index contributed by atoms with van der Waals surface area (Å²) in [5.74, 6) is -1.21. The lowest BCUT2D eigenvalue weighted by Gasteiger charge is -2.40. The monoisotopic (exact) mass is 286 g/mol.